The first-order chi connectivity index (χ1) is 11.5. The Morgan fingerprint density at radius 3 is 2.54 bits per heavy atom. The molecule has 0 aliphatic rings. The predicted octanol–water partition coefficient (Wildman–Crippen LogP) is 2.72. The van der Waals surface area contributed by atoms with Crippen LogP contribution in [0.2, 0.25) is 5.02 Å². The minimum Gasteiger partial charge on any atom is -0.495 e. The van der Waals surface area contributed by atoms with Crippen LogP contribution in [0.1, 0.15) is 5.56 Å². The van der Waals surface area contributed by atoms with Crippen LogP contribution in [0, 0.1) is 0 Å². The highest BCUT2D eigenvalue weighted by Gasteiger charge is 2.12. The van der Waals surface area contributed by atoms with E-state index in [1.807, 2.05) is 7.05 Å². The van der Waals surface area contributed by atoms with E-state index in [4.69, 9.17) is 16.3 Å². The van der Waals surface area contributed by atoms with Gasteiger partial charge in [-0.15, -0.1) is 11.8 Å². The fourth-order valence-corrected chi connectivity index (χ4v) is 3.04. The van der Waals surface area contributed by atoms with Crippen LogP contribution in [0.5, 0.6) is 5.75 Å². The highest BCUT2D eigenvalue weighted by molar-refractivity contribution is 7.98. The van der Waals surface area contributed by atoms with E-state index in [-0.39, 0.29) is 5.91 Å². The standard InChI is InChI=1S/C18H21ClN2O2S/c1-21(11-13-4-7-15(24-3)8-5-13)12-18(22)20-14-6-9-17(23-2)16(19)10-14/h4-10H,11-12H2,1-3H3,(H,20,22)/p+1. The number of halogens is 1. The van der Waals surface area contributed by atoms with Gasteiger partial charge in [0.1, 0.15) is 12.3 Å². The zero-order valence-electron chi connectivity index (χ0n) is 14.1. The molecule has 1 unspecified atom stereocenters. The van der Waals surface area contributed by atoms with Gasteiger partial charge in [0, 0.05) is 16.1 Å². The Kier molecular flexibility index (Phi) is 6.97. The van der Waals surface area contributed by atoms with Gasteiger partial charge >= 0.3 is 0 Å². The number of ether oxygens (including phenoxy) is 1. The van der Waals surface area contributed by atoms with E-state index in [0.29, 0.717) is 23.0 Å². The molecule has 0 bridgehead atoms. The van der Waals surface area contributed by atoms with Crippen LogP contribution in [0.3, 0.4) is 0 Å². The summed E-state index contributed by atoms with van der Waals surface area (Å²) in [4.78, 5) is 14.5. The molecule has 0 aliphatic carbocycles. The summed E-state index contributed by atoms with van der Waals surface area (Å²) in [5.41, 5.74) is 1.88. The number of quaternary nitrogens is 1. The third-order valence-electron chi connectivity index (χ3n) is 3.56. The van der Waals surface area contributed by atoms with Gasteiger partial charge in [-0.25, -0.2) is 0 Å². The van der Waals surface area contributed by atoms with Gasteiger partial charge in [0.25, 0.3) is 5.91 Å². The molecule has 24 heavy (non-hydrogen) atoms. The zero-order valence-corrected chi connectivity index (χ0v) is 15.6. The molecule has 2 aromatic rings. The van der Waals surface area contributed by atoms with Gasteiger partial charge in [0.05, 0.1) is 19.2 Å². The maximum Gasteiger partial charge on any atom is 0.279 e. The maximum absolute atomic E-state index is 12.2. The molecule has 1 atom stereocenters. The Morgan fingerprint density at radius 1 is 1.25 bits per heavy atom. The number of hydrogen-bond acceptors (Lipinski definition) is 3. The summed E-state index contributed by atoms with van der Waals surface area (Å²) >= 11 is 7.79. The van der Waals surface area contributed by atoms with Crippen LogP contribution in [0.15, 0.2) is 47.4 Å². The second-order valence-electron chi connectivity index (χ2n) is 5.56. The Bertz CT molecular complexity index is 692. The lowest BCUT2D eigenvalue weighted by molar-refractivity contribution is -0.885. The van der Waals surface area contributed by atoms with E-state index in [2.05, 4.69) is 35.8 Å². The fourth-order valence-electron chi connectivity index (χ4n) is 2.38. The molecule has 0 fully saturated rings. The number of carbonyl (C=O) groups is 1. The van der Waals surface area contributed by atoms with Crippen LogP contribution in [0.25, 0.3) is 0 Å². The number of rotatable bonds is 7. The number of carbonyl (C=O) groups excluding carboxylic acids is 1. The average molecular weight is 366 g/mol. The van der Waals surface area contributed by atoms with Gasteiger partial charge in [0.2, 0.25) is 0 Å². The van der Waals surface area contributed by atoms with E-state index >= 15 is 0 Å². The number of thioether (sulfide) groups is 1. The van der Waals surface area contributed by atoms with E-state index in [1.165, 1.54) is 10.5 Å². The smallest absolute Gasteiger partial charge is 0.279 e. The SMILES string of the molecule is COc1ccc(NC(=O)C[NH+](C)Cc2ccc(SC)cc2)cc1Cl. The Balaban J connectivity index is 1.87. The summed E-state index contributed by atoms with van der Waals surface area (Å²) in [6.07, 6.45) is 2.06. The van der Waals surface area contributed by atoms with Crippen molar-refractivity contribution in [2.24, 2.45) is 0 Å². The second-order valence-corrected chi connectivity index (χ2v) is 6.84. The number of anilines is 1. The van der Waals surface area contributed by atoms with E-state index in [1.54, 1.807) is 37.1 Å². The monoisotopic (exact) mass is 365 g/mol. The summed E-state index contributed by atoms with van der Waals surface area (Å²) in [7, 11) is 3.56. The molecule has 0 aromatic heterocycles. The minimum absolute atomic E-state index is 0.0468. The second kappa shape index (κ2) is 8.97. The third-order valence-corrected chi connectivity index (χ3v) is 4.60. The maximum atomic E-state index is 12.2. The molecule has 2 aromatic carbocycles. The zero-order chi connectivity index (χ0) is 17.5. The van der Waals surface area contributed by atoms with Crippen molar-refractivity contribution in [2.45, 2.75) is 11.4 Å². The summed E-state index contributed by atoms with van der Waals surface area (Å²) in [5, 5.41) is 3.34. The number of nitrogens with one attached hydrogen (secondary N) is 2. The van der Waals surface area contributed by atoms with Crippen molar-refractivity contribution in [2.75, 3.05) is 32.3 Å². The summed E-state index contributed by atoms with van der Waals surface area (Å²) in [5.74, 6) is 0.542. The Morgan fingerprint density at radius 2 is 1.96 bits per heavy atom. The number of benzene rings is 2. The fraction of sp³-hybridized carbons (Fsp3) is 0.278. The van der Waals surface area contributed by atoms with E-state index in [0.717, 1.165) is 11.4 Å². The van der Waals surface area contributed by atoms with Gasteiger partial charge in [-0.1, -0.05) is 23.7 Å². The minimum atomic E-state index is -0.0468. The van der Waals surface area contributed by atoms with Crippen molar-refractivity contribution in [3.05, 3.63) is 53.1 Å². The van der Waals surface area contributed by atoms with E-state index < -0.39 is 0 Å². The molecular weight excluding hydrogens is 344 g/mol. The normalized spacial score (nSPS) is 11.8. The van der Waals surface area contributed by atoms with Crippen molar-refractivity contribution in [3.63, 3.8) is 0 Å². The van der Waals surface area contributed by atoms with Crippen LogP contribution in [-0.4, -0.2) is 32.9 Å². The molecule has 2 N–H and O–H groups in total. The largest absolute Gasteiger partial charge is 0.495 e. The third kappa shape index (κ3) is 5.44. The first kappa shape index (κ1) is 18.6. The van der Waals surface area contributed by atoms with Crippen molar-refractivity contribution < 1.29 is 14.4 Å². The quantitative estimate of drug-likeness (QED) is 0.741. The molecule has 2 rings (SSSR count). The van der Waals surface area contributed by atoms with Crippen LogP contribution < -0.4 is 15.0 Å². The molecule has 6 heteroatoms. The van der Waals surface area contributed by atoms with Crippen LogP contribution in [-0.2, 0) is 11.3 Å². The lowest BCUT2D eigenvalue weighted by Gasteiger charge is -2.14. The first-order valence-electron chi connectivity index (χ1n) is 7.59. The number of likely N-dealkylation sites (N-methyl/N-ethyl adjacent to an activating group) is 1. The molecule has 0 saturated carbocycles. The van der Waals surface area contributed by atoms with Crippen molar-refractivity contribution in [1.82, 2.24) is 0 Å². The lowest BCUT2D eigenvalue weighted by atomic mass is 10.2. The highest BCUT2D eigenvalue weighted by atomic mass is 35.5. The average Bonchev–Trinajstić information content (AvgIpc) is 2.55. The summed E-state index contributed by atoms with van der Waals surface area (Å²) in [6, 6.07) is 13.6. The molecule has 128 valence electrons. The number of methoxy groups -OCH3 is 1. The Hall–Kier alpha value is -1.69. The summed E-state index contributed by atoms with van der Waals surface area (Å²) in [6.45, 7) is 1.18. The number of amides is 1. The van der Waals surface area contributed by atoms with Crippen molar-refractivity contribution >= 4 is 35.0 Å². The molecule has 0 heterocycles. The molecular formula is C18H22ClN2O2S+. The molecule has 0 radical (unpaired) electrons. The van der Waals surface area contributed by atoms with Gasteiger partial charge in [-0.2, -0.15) is 0 Å². The van der Waals surface area contributed by atoms with Crippen molar-refractivity contribution in [1.29, 1.82) is 0 Å². The Labute approximate surface area is 152 Å². The summed E-state index contributed by atoms with van der Waals surface area (Å²) < 4.78 is 5.10. The number of hydrogen-bond donors (Lipinski definition) is 2. The lowest BCUT2D eigenvalue weighted by Crippen LogP contribution is -3.08. The van der Waals surface area contributed by atoms with Gasteiger partial charge in [-0.3, -0.25) is 4.79 Å². The van der Waals surface area contributed by atoms with Crippen molar-refractivity contribution in [3.8, 4) is 5.75 Å². The van der Waals surface area contributed by atoms with Gasteiger partial charge in [-0.05, 0) is 36.6 Å². The molecule has 0 spiro atoms. The molecule has 1 amide bonds. The molecule has 4 nitrogen and oxygen atoms in total. The predicted molar refractivity (Wildman–Crippen MR) is 100 cm³/mol. The van der Waals surface area contributed by atoms with Gasteiger partial charge in [0.15, 0.2) is 6.54 Å². The molecule has 0 aliphatic heterocycles. The van der Waals surface area contributed by atoms with E-state index in [9.17, 15) is 4.79 Å². The van der Waals surface area contributed by atoms with Crippen LogP contribution in [0.4, 0.5) is 5.69 Å². The highest BCUT2D eigenvalue weighted by Crippen LogP contribution is 2.27. The van der Waals surface area contributed by atoms with Crippen LogP contribution >= 0.6 is 23.4 Å². The molecule has 0 saturated heterocycles. The van der Waals surface area contributed by atoms with Gasteiger partial charge < -0.3 is 15.0 Å². The topological polar surface area (TPSA) is 42.8 Å². The first-order valence-corrected chi connectivity index (χ1v) is 9.19.